The second kappa shape index (κ2) is 5.81. The minimum absolute atomic E-state index is 0.227. The van der Waals surface area contributed by atoms with Gasteiger partial charge in [-0.25, -0.2) is 0 Å². The monoisotopic (exact) mass is 296 g/mol. The lowest BCUT2D eigenvalue weighted by Gasteiger charge is -2.11. The third-order valence-corrected chi connectivity index (χ3v) is 3.46. The first kappa shape index (κ1) is 14.0. The highest BCUT2D eigenvalue weighted by Crippen LogP contribution is 2.26. The van der Waals surface area contributed by atoms with E-state index in [1.165, 1.54) is 7.11 Å². The number of rotatable bonds is 4. The van der Waals surface area contributed by atoms with Crippen LogP contribution in [0.1, 0.15) is 10.4 Å². The van der Waals surface area contributed by atoms with E-state index in [1.54, 1.807) is 25.3 Å². The molecule has 0 bridgehead atoms. The van der Waals surface area contributed by atoms with Crippen LogP contribution >= 0.6 is 0 Å². The summed E-state index contributed by atoms with van der Waals surface area (Å²) in [6.45, 7) is 0. The number of aromatic nitrogens is 1. The first-order valence-electron chi connectivity index (χ1n) is 6.82. The molecule has 0 saturated heterocycles. The Bertz CT molecular complexity index is 824. The van der Waals surface area contributed by atoms with Crippen molar-refractivity contribution in [2.24, 2.45) is 0 Å². The smallest absolute Gasteiger partial charge is 0.259 e. The standard InChI is InChI=1S/C17H16N2O3/c1-21-13-4-5-14(16(10-13)22-2)17(20)19-12-3-6-15-11(9-12)7-8-18-15/h3-10,18H,1-2H3,(H,19,20). The molecule has 0 spiro atoms. The Hall–Kier alpha value is -2.95. The summed E-state index contributed by atoms with van der Waals surface area (Å²) in [5.74, 6) is 0.885. The van der Waals surface area contributed by atoms with Gasteiger partial charge in [0.25, 0.3) is 5.91 Å². The van der Waals surface area contributed by atoms with Crippen molar-refractivity contribution in [3.05, 3.63) is 54.2 Å². The molecule has 2 aromatic carbocycles. The Kier molecular flexibility index (Phi) is 3.70. The number of hydrogen-bond acceptors (Lipinski definition) is 3. The van der Waals surface area contributed by atoms with E-state index >= 15 is 0 Å². The zero-order chi connectivity index (χ0) is 15.5. The second-order valence-corrected chi connectivity index (χ2v) is 4.80. The lowest BCUT2D eigenvalue weighted by atomic mass is 10.1. The lowest BCUT2D eigenvalue weighted by molar-refractivity contribution is 0.102. The van der Waals surface area contributed by atoms with Crippen molar-refractivity contribution in [1.29, 1.82) is 0 Å². The second-order valence-electron chi connectivity index (χ2n) is 4.80. The van der Waals surface area contributed by atoms with E-state index in [0.29, 0.717) is 17.1 Å². The number of methoxy groups -OCH3 is 2. The Morgan fingerprint density at radius 2 is 1.91 bits per heavy atom. The highest BCUT2D eigenvalue weighted by Gasteiger charge is 2.13. The van der Waals surface area contributed by atoms with Gasteiger partial charge in [0.1, 0.15) is 11.5 Å². The summed E-state index contributed by atoms with van der Waals surface area (Å²) in [5, 5.41) is 3.92. The van der Waals surface area contributed by atoms with Crippen LogP contribution in [0.3, 0.4) is 0 Å². The first-order valence-corrected chi connectivity index (χ1v) is 6.82. The number of benzene rings is 2. The van der Waals surface area contributed by atoms with E-state index < -0.39 is 0 Å². The van der Waals surface area contributed by atoms with Crippen molar-refractivity contribution in [1.82, 2.24) is 4.98 Å². The molecule has 0 aliphatic rings. The quantitative estimate of drug-likeness (QED) is 0.775. The van der Waals surface area contributed by atoms with Gasteiger partial charge in [-0.2, -0.15) is 0 Å². The molecule has 0 aliphatic heterocycles. The number of H-pyrrole nitrogens is 1. The summed E-state index contributed by atoms with van der Waals surface area (Å²) >= 11 is 0. The van der Waals surface area contributed by atoms with Gasteiger partial charge in [-0.05, 0) is 36.4 Å². The number of anilines is 1. The van der Waals surface area contributed by atoms with Crippen molar-refractivity contribution in [2.75, 3.05) is 19.5 Å². The van der Waals surface area contributed by atoms with Crippen LogP contribution in [0.4, 0.5) is 5.69 Å². The third-order valence-electron chi connectivity index (χ3n) is 3.46. The fourth-order valence-electron chi connectivity index (χ4n) is 2.32. The van der Waals surface area contributed by atoms with Crippen molar-refractivity contribution >= 4 is 22.5 Å². The molecule has 0 unspecified atom stereocenters. The number of amides is 1. The maximum atomic E-state index is 12.4. The van der Waals surface area contributed by atoms with Crippen molar-refractivity contribution in [2.45, 2.75) is 0 Å². The number of fused-ring (bicyclic) bond motifs is 1. The average Bonchev–Trinajstić information content (AvgIpc) is 3.01. The van der Waals surface area contributed by atoms with Gasteiger partial charge in [0.05, 0.1) is 19.8 Å². The van der Waals surface area contributed by atoms with Crippen LogP contribution in [0.25, 0.3) is 10.9 Å². The predicted molar refractivity (Wildman–Crippen MR) is 85.8 cm³/mol. The van der Waals surface area contributed by atoms with Crippen LogP contribution in [-0.2, 0) is 0 Å². The molecular weight excluding hydrogens is 280 g/mol. The van der Waals surface area contributed by atoms with Crippen LogP contribution in [0.15, 0.2) is 48.7 Å². The SMILES string of the molecule is COc1ccc(C(=O)Nc2ccc3[nH]ccc3c2)c(OC)c1. The lowest BCUT2D eigenvalue weighted by Crippen LogP contribution is -2.13. The molecule has 3 aromatic rings. The van der Waals surface area contributed by atoms with E-state index in [4.69, 9.17) is 9.47 Å². The van der Waals surface area contributed by atoms with Gasteiger partial charge >= 0.3 is 0 Å². The summed E-state index contributed by atoms with van der Waals surface area (Å²) < 4.78 is 10.4. The number of aromatic amines is 1. The minimum Gasteiger partial charge on any atom is -0.497 e. The Labute approximate surface area is 127 Å². The largest absolute Gasteiger partial charge is 0.497 e. The number of hydrogen-bond donors (Lipinski definition) is 2. The maximum absolute atomic E-state index is 12.4. The fraction of sp³-hybridized carbons (Fsp3) is 0.118. The van der Waals surface area contributed by atoms with Crippen LogP contribution in [0, 0.1) is 0 Å². The zero-order valence-corrected chi connectivity index (χ0v) is 12.3. The molecule has 112 valence electrons. The Morgan fingerprint density at radius 3 is 2.68 bits per heavy atom. The van der Waals surface area contributed by atoms with Gasteiger partial charge in [0, 0.05) is 28.9 Å². The van der Waals surface area contributed by atoms with E-state index in [-0.39, 0.29) is 5.91 Å². The molecule has 0 radical (unpaired) electrons. The van der Waals surface area contributed by atoms with Gasteiger partial charge in [-0.15, -0.1) is 0 Å². The first-order chi connectivity index (χ1) is 10.7. The summed E-state index contributed by atoms with van der Waals surface area (Å²) in [5.41, 5.74) is 2.22. The van der Waals surface area contributed by atoms with Gasteiger partial charge < -0.3 is 19.8 Å². The highest BCUT2D eigenvalue weighted by atomic mass is 16.5. The number of carbonyl (C=O) groups is 1. The molecule has 2 N–H and O–H groups in total. The Balaban J connectivity index is 1.87. The van der Waals surface area contributed by atoms with Crippen LogP contribution in [-0.4, -0.2) is 25.1 Å². The van der Waals surface area contributed by atoms with Gasteiger partial charge in [0.2, 0.25) is 0 Å². The van der Waals surface area contributed by atoms with Crippen LogP contribution in [0.2, 0.25) is 0 Å². The number of ether oxygens (including phenoxy) is 2. The average molecular weight is 296 g/mol. The maximum Gasteiger partial charge on any atom is 0.259 e. The highest BCUT2D eigenvalue weighted by molar-refractivity contribution is 6.07. The third kappa shape index (κ3) is 2.61. The van der Waals surface area contributed by atoms with Gasteiger partial charge in [0.15, 0.2) is 0 Å². The summed E-state index contributed by atoms with van der Waals surface area (Å²) in [6, 6.07) is 12.8. The molecule has 5 nitrogen and oxygen atoms in total. The summed E-state index contributed by atoms with van der Waals surface area (Å²) in [7, 11) is 3.10. The van der Waals surface area contributed by atoms with E-state index in [0.717, 1.165) is 16.6 Å². The summed E-state index contributed by atoms with van der Waals surface area (Å²) in [4.78, 5) is 15.5. The molecule has 3 rings (SSSR count). The molecule has 0 atom stereocenters. The van der Waals surface area contributed by atoms with E-state index in [2.05, 4.69) is 10.3 Å². The molecule has 0 aliphatic carbocycles. The number of carbonyl (C=O) groups excluding carboxylic acids is 1. The van der Waals surface area contributed by atoms with E-state index in [1.807, 2.05) is 30.5 Å². The molecule has 1 heterocycles. The van der Waals surface area contributed by atoms with Gasteiger partial charge in [-0.1, -0.05) is 0 Å². The molecular formula is C17H16N2O3. The minimum atomic E-state index is -0.227. The normalized spacial score (nSPS) is 10.5. The predicted octanol–water partition coefficient (Wildman–Crippen LogP) is 3.44. The van der Waals surface area contributed by atoms with E-state index in [9.17, 15) is 4.79 Å². The molecule has 1 amide bonds. The molecule has 0 saturated carbocycles. The van der Waals surface area contributed by atoms with Crippen molar-refractivity contribution in [3.8, 4) is 11.5 Å². The molecule has 0 fully saturated rings. The van der Waals surface area contributed by atoms with Crippen molar-refractivity contribution < 1.29 is 14.3 Å². The van der Waals surface area contributed by atoms with Crippen molar-refractivity contribution in [3.63, 3.8) is 0 Å². The molecule has 22 heavy (non-hydrogen) atoms. The van der Waals surface area contributed by atoms with Crippen LogP contribution < -0.4 is 14.8 Å². The van der Waals surface area contributed by atoms with Gasteiger partial charge in [-0.3, -0.25) is 4.79 Å². The number of nitrogens with one attached hydrogen (secondary N) is 2. The Morgan fingerprint density at radius 1 is 1.05 bits per heavy atom. The topological polar surface area (TPSA) is 63.3 Å². The molecule has 5 heteroatoms. The van der Waals surface area contributed by atoms with Crippen LogP contribution in [0.5, 0.6) is 11.5 Å². The molecule has 1 aromatic heterocycles. The fourth-order valence-corrected chi connectivity index (χ4v) is 2.32. The summed E-state index contributed by atoms with van der Waals surface area (Å²) in [6.07, 6.45) is 1.86. The zero-order valence-electron chi connectivity index (χ0n) is 12.3.